The number of anilines is 1. The Morgan fingerprint density at radius 1 is 1.21 bits per heavy atom. The van der Waals surface area contributed by atoms with E-state index in [4.69, 9.17) is 11.6 Å². The van der Waals surface area contributed by atoms with Crippen LogP contribution in [0, 0.1) is 12.8 Å². The fourth-order valence-electron chi connectivity index (χ4n) is 3.61. The minimum atomic E-state index is -3.38. The van der Waals surface area contributed by atoms with E-state index in [0.29, 0.717) is 36.5 Å². The molecule has 0 unspecified atom stereocenters. The summed E-state index contributed by atoms with van der Waals surface area (Å²) < 4.78 is 27.0. The molecule has 2 aromatic carbocycles. The molecule has 1 atom stereocenters. The van der Waals surface area contributed by atoms with Gasteiger partial charge >= 0.3 is 0 Å². The molecule has 1 amide bonds. The third kappa shape index (κ3) is 6.04. The zero-order chi connectivity index (χ0) is 20.9. The second-order valence-electron chi connectivity index (χ2n) is 7.55. The highest BCUT2D eigenvalue weighted by atomic mass is 35.5. The van der Waals surface area contributed by atoms with Crippen molar-refractivity contribution in [2.45, 2.75) is 32.6 Å². The van der Waals surface area contributed by atoms with E-state index in [2.05, 4.69) is 5.32 Å². The van der Waals surface area contributed by atoms with Gasteiger partial charge in [0.15, 0.2) is 0 Å². The number of carbonyl (C=O) groups excluding carboxylic acids is 1. The summed E-state index contributed by atoms with van der Waals surface area (Å²) in [4.78, 5) is 12.7. The number of amides is 1. The molecule has 5 nitrogen and oxygen atoms in total. The van der Waals surface area contributed by atoms with Crippen LogP contribution >= 0.6 is 11.6 Å². The standard InChI is InChI=1S/C22H27ClN2O3S/c1-17-11-12-20(23)15-21(17)24-22(26)19-10-5-13-25(16-19)29(27,28)14-6-9-18-7-3-2-4-8-18/h2-4,7-8,11-12,15,19H,5-6,9-10,13-14,16H2,1H3,(H,24,26)/t19-/m0/s1. The fourth-order valence-corrected chi connectivity index (χ4v) is 5.36. The van der Waals surface area contributed by atoms with Crippen molar-refractivity contribution < 1.29 is 13.2 Å². The molecule has 1 saturated heterocycles. The molecule has 0 radical (unpaired) electrons. The highest BCUT2D eigenvalue weighted by Crippen LogP contribution is 2.24. The number of piperidine rings is 1. The third-order valence-electron chi connectivity index (χ3n) is 5.32. The van der Waals surface area contributed by atoms with E-state index >= 15 is 0 Å². The first-order valence-electron chi connectivity index (χ1n) is 9.94. The Morgan fingerprint density at radius 3 is 2.72 bits per heavy atom. The maximum absolute atomic E-state index is 12.8. The van der Waals surface area contributed by atoms with Gasteiger partial charge in [0.05, 0.1) is 11.7 Å². The topological polar surface area (TPSA) is 66.5 Å². The number of benzene rings is 2. The van der Waals surface area contributed by atoms with Crippen molar-refractivity contribution in [2.75, 3.05) is 24.2 Å². The van der Waals surface area contributed by atoms with E-state index in [1.165, 1.54) is 4.31 Å². The van der Waals surface area contributed by atoms with Crippen LogP contribution in [0.1, 0.15) is 30.4 Å². The van der Waals surface area contributed by atoms with Crippen LogP contribution in [0.3, 0.4) is 0 Å². The Kier molecular flexibility index (Phi) is 7.33. The summed E-state index contributed by atoms with van der Waals surface area (Å²) in [6.45, 7) is 2.61. The molecule has 29 heavy (non-hydrogen) atoms. The van der Waals surface area contributed by atoms with Crippen LogP contribution in [-0.2, 0) is 21.2 Å². The van der Waals surface area contributed by atoms with Gasteiger partial charge in [0.25, 0.3) is 0 Å². The molecule has 1 fully saturated rings. The summed E-state index contributed by atoms with van der Waals surface area (Å²) in [5.74, 6) is -0.408. The first kappa shape index (κ1) is 21.8. The quantitative estimate of drug-likeness (QED) is 0.707. The number of hydrogen-bond acceptors (Lipinski definition) is 3. The van der Waals surface area contributed by atoms with Crippen LogP contribution in [0.5, 0.6) is 0 Å². The number of carbonyl (C=O) groups is 1. The summed E-state index contributed by atoms with van der Waals surface area (Å²) in [5, 5.41) is 3.47. The van der Waals surface area contributed by atoms with Gasteiger partial charge in [-0.1, -0.05) is 48.0 Å². The predicted molar refractivity (Wildman–Crippen MR) is 118 cm³/mol. The molecule has 0 spiro atoms. The van der Waals surface area contributed by atoms with Gasteiger partial charge in [-0.3, -0.25) is 4.79 Å². The predicted octanol–water partition coefficient (Wildman–Crippen LogP) is 4.26. The van der Waals surface area contributed by atoms with Crippen LogP contribution < -0.4 is 5.32 Å². The average Bonchev–Trinajstić information content (AvgIpc) is 2.71. The maximum Gasteiger partial charge on any atom is 0.228 e. The molecule has 2 aromatic rings. The van der Waals surface area contributed by atoms with Gasteiger partial charge in [-0.2, -0.15) is 0 Å². The van der Waals surface area contributed by atoms with Crippen LogP contribution in [0.25, 0.3) is 0 Å². The number of sulfonamides is 1. The molecule has 0 aliphatic carbocycles. The number of nitrogens with one attached hydrogen (secondary N) is 1. The lowest BCUT2D eigenvalue weighted by molar-refractivity contribution is -0.120. The highest BCUT2D eigenvalue weighted by Gasteiger charge is 2.32. The summed E-state index contributed by atoms with van der Waals surface area (Å²) in [6.07, 6.45) is 2.67. The van der Waals surface area contributed by atoms with E-state index in [0.717, 1.165) is 17.5 Å². The monoisotopic (exact) mass is 434 g/mol. The van der Waals surface area contributed by atoms with Gasteiger partial charge < -0.3 is 5.32 Å². The van der Waals surface area contributed by atoms with Crippen LogP contribution in [-0.4, -0.2) is 37.5 Å². The Bertz CT molecular complexity index is 948. The van der Waals surface area contributed by atoms with Gasteiger partial charge in [-0.15, -0.1) is 0 Å². The molecular formula is C22H27ClN2O3S. The number of nitrogens with zero attached hydrogens (tertiary/aromatic N) is 1. The van der Waals surface area contributed by atoms with Crippen molar-refractivity contribution in [3.05, 3.63) is 64.7 Å². The van der Waals surface area contributed by atoms with Crippen molar-refractivity contribution >= 4 is 33.2 Å². The molecule has 0 aromatic heterocycles. The molecule has 156 valence electrons. The van der Waals surface area contributed by atoms with E-state index in [1.54, 1.807) is 12.1 Å². The van der Waals surface area contributed by atoms with Gasteiger partial charge in [-0.05, 0) is 55.9 Å². The lowest BCUT2D eigenvalue weighted by Gasteiger charge is -2.31. The second-order valence-corrected chi connectivity index (χ2v) is 10.1. The zero-order valence-electron chi connectivity index (χ0n) is 16.6. The van der Waals surface area contributed by atoms with Crippen molar-refractivity contribution in [1.29, 1.82) is 0 Å². The first-order valence-corrected chi connectivity index (χ1v) is 11.9. The number of halogens is 1. The maximum atomic E-state index is 12.8. The minimum absolute atomic E-state index is 0.101. The van der Waals surface area contributed by atoms with Crippen molar-refractivity contribution in [2.24, 2.45) is 5.92 Å². The van der Waals surface area contributed by atoms with E-state index in [1.807, 2.05) is 43.3 Å². The zero-order valence-corrected chi connectivity index (χ0v) is 18.2. The third-order valence-corrected chi connectivity index (χ3v) is 7.47. The van der Waals surface area contributed by atoms with Crippen LogP contribution in [0.2, 0.25) is 5.02 Å². The van der Waals surface area contributed by atoms with Crippen LogP contribution in [0.15, 0.2) is 48.5 Å². The summed E-state index contributed by atoms with van der Waals surface area (Å²) in [6, 6.07) is 15.2. The molecule has 1 aliphatic heterocycles. The number of aryl methyl sites for hydroxylation is 2. The Balaban J connectivity index is 1.57. The Morgan fingerprint density at radius 2 is 1.97 bits per heavy atom. The molecule has 0 bridgehead atoms. The molecule has 7 heteroatoms. The molecule has 1 N–H and O–H groups in total. The first-order chi connectivity index (χ1) is 13.8. The van der Waals surface area contributed by atoms with Crippen molar-refractivity contribution in [1.82, 2.24) is 4.31 Å². The lowest BCUT2D eigenvalue weighted by Crippen LogP contribution is -2.44. The number of hydrogen-bond donors (Lipinski definition) is 1. The SMILES string of the molecule is Cc1ccc(Cl)cc1NC(=O)[C@H]1CCCN(S(=O)(=O)CCCc2ccccc2)C1. The Labute approximate surface area is 178 Å². The van der Waals surface area contributed by atoms with Gasteiger partial charge in [-0.25, -0.2) is 12.7 Å². The summed E-state index contributed by atoms with van der Waals surface area (Å²) in [7, 11) is -3.38. The lowest BCUT2D eigenvalue weighted by atomic mass is 9.98. The largest absolute Gasteiger partial charge is 0.326 e. The number of rotatable bonds is 7. The van der Waals surface area contributed by atoms with Crippen molar-refractivity contribution in [3.8, 4) is 0 Å². The summed E-state index contributed by atoms with van der Waals surface area (Å²) >= 11 is 6.02. The van der Waals surface area contributed by atoms with Gasteiger partial charge in [0.2, 0.25) is 15.9 Å². The van der Waals surface area contributed by atoms with E-state index in [9.17, 15) is 13.2 Å². The van der Waals surface area contributed by atoms with Gasteiger partial charge in [0, 0.05) is 23.8 Å². The molecular weight excluding hydrogens is 408 g/mol. The Hall–Kier alpha value is -1.89. The van der Waals surface area contributed by atoms with E-state index in [-0.39, 0.29) is 24.1 Å². The fraction of sp³-hybridized carbons (Fsp3) is 0.409. The average molecular weight is 435 g/mol. The summed E-state index contributed by atoms with van der Waals surface area (Å²) in [5.41, 5.74) is 2.73. The molecule has 0 saturated carbocycles. The molecule has 1 heterocycles. The minimum Gasteiger partial charge on any atom is -0.326 e. The highest BCUT2D eigenvalue weighted by molar-refractivity contribution is 7.89. The van der Waals surface area contributed by atoms with Crippen molar-refractivity contribution in [3.63, 3.8) is 0 Å². The van der Waals surface area contributed by atoms with Gasteiger partial charge in [0.1, 0.15) is 0 Å². The molecule has 3 rings (SSSR count). The van der Waals surface area contributed by atoms with E-state index < -0.39 is 10.0 Å². The normalized spacial score (nSPS) is 17.8. The second kappa shape index (κ2) is 9.74. The smallest absolute Gasteiger partial charge is 0.228 e. The van der Waals surface area contributed by atoms with Crippen LogP contribution in [0.4, 0.5) is 5.69 Å². The molecule has 1 aliphatic rings.